The molecular formula is C16H26N2O2. The lowest BCUT2D eigenvalue weighted by Crippen LogP contribution is -2.63. The summed E-state index contributed by atoms with van der Waals surface area (Å²) in [6.07, 6.45) is 9.88. The van der Waals surface area contributed by atoms with Crippen LogP contribution in [0.3, 0.4) is 0 Å². The molecule has 1 saturated heterocycles. The molecule has 0 bridgehead atoms. The van der Waals surface area contributed by atoms with Gasteiger partial charge in [-0.3, -0.25) is 9.59 Å². The third-order valence-electron chi connectivity index (χ3n) is 5.27. The summed E-state index contributed by atoms with van der Waals surface area (Å²) in [4.78, 5) is 26.3. The van der Waals surface area contributed by atoms with Gasteiger partial charge >= 0.3 is 0 Å². The Bertz CT molecular complexity index is 386. The molecule has 1 aliphatic heterocycles. The SMILES string of the molecule is CC1C(=O)NC(C2CC2)C(=O)N1CCCC1CCCC1. The molecule has 2 amide bonds. The van der Waals surface area contributed by atoms with Crippen molar-refractivity contribution in [3.63, 3.8) is 0 Å². The van der Waals surface area contributed by atoms with Crippen molar-refractivity contribution < 1.29 is 9.59 Å². The Hall–Kier alpha value is -1.06. The number of piperazine rings is 1. The van der Waals surface area contributed by atoms with Crippen LogP contribution in [0.1, 0.15) is 58.3 Å². The third-order valence-corrected chi connectivity index (χ3v) is 5.27. The maximum atomic E-state index is 12.5. The molecule has 0 radical (unpaired) electrons. The van der Waals surface area contributed by atoms with Gasteiger partial charge in [-0.05, 0) is 44.4 Å². The molecule has 112 valence electrons. The van der Waals surface area contributed by atoms with Gasteiger partial charge in [0.05, 0.1) is 0 Å². The van der Waals surface area contributed by atoms with E-state index in [0.717, 1.165) is 31.7 Å². The first kappa shape index (κ1) is 13.9. The van der Waals surface area contributed by atoms with Crippen LogP contribution >= 0.6 is 0 Å². The van der Waals surface area contributed by atoms with E-state index in [-0.39, 0.29) is 23.9 Å². The van der Waals surface area contributed by atoms with Crippen LogP contribution in [0, 0.1) is 11.8 Å². The van der Waals surface area contributed by atoms with Crippen molar-refractivity contribution in [1.29, 1.82) is 0 Å². The fourth-order valence-corrected chi connectivity index (χ4v) is 3.75. The van der Waals surface area contributed by atoms with E-state index < -0.39 is 0 Å². The van der Waals surface area contributed by atoms with Gasteiger partial charge in [-0.2, -0.15) is 0 Å². The number of carbonyl (C=O) groups excluding carboxylic acids is 2. The second kappa shape index (κ2) is 5.74. The molecule has 20 heavy (non-hydrogen) atoms. The van der Waals surface area contributed by atoms with Gasteiger partial charge in [-0.25, -0.2) is 0 Å². The van der Waals surface area contributed by atoms with Gasteiger partial charge < -0.3 is 10.2 Å². The molecule has 1 heterocycles. The Kier molecular flexibility index (Phi) is 3.99. The summed E-state index contributed by atoms with van der Waals surface area (Å²) in [6.45, 7) is 2.61. The number of hydrogen-bond donors (Lipinski definition) is 1. The second-order valence-electron chi connectivity index (χ2n) is 6.82. The van der Waals surface area contributed by atoms with Crippen LogP contribution in [0.2, 0.25) is 0 Å². The van der Waals surface area contributed by atoms with E-state index in [2.05, 4.69) is 5.32 Å². The van der Waals surface area contributed by atoms with Crippen LogP contribution in [-0.2, 0) is 9.59 Å². The number of nitrogens with one attached hydrogen (secondary N) is 1. The maximum Gasteiger partial charge on any atom is 0.246 e. The average molecular weight is 278 g/mol. The van der Waals surface area contributed by atoms with Gasteiger partial charge in [0.25, 0.3) is 0 Å². The lowest BCUT2D eigenvalue weighted by molar-refractivity contribution is -0.149. The van der Waals surface area contributed by atoms with E-state index in [1.807, 2.05) is 11.8 Å². The van der Waals surface area contributed by atoms with E-state index in [1.54, 1.807) is 0 Å². The average Bonchev–Trinajstić information content (AvgIpc) is 3.14. The predicted molar refractivity (Wildman–Crippen MR) is 77.0 cm³/mol. The molecule has 0 aromatic rings. The van der Waals surface area contributed by atoms with Crippen LogP contribution < -0.4 is 5.32 Å². The molecule has 0 aromatic heterocycles. The first-order valence-electron chi connectivity index (χ1n) is 8.27. The lowest BCUT2D eigenvalue weighted by atomic mass is 10.00. The van der Waals surface area contributed by atoms with Crippen LogP contribution in [0.25, 0.3) is 0 Å². The normalized spacial score (nSPS) is 31.8. The highest BCUT2D eigenvalue weighted by atomic mass is 16.2. The molecule has 3 aliphatic rings. The highest BCUT2D eigenvalue weighted by molar-refractivity contribution is 5.97. The summed E-state index contributed by atoms with van der Waals surface area (Å²) >= 11 is 0. The molecule has 2 saturated carbocycles. The highest BCUT2D eigenvalue weighted by Gasteiger charge is 2.45. The minimum atomic E-state index is -0.291. The van der Waals surface area contributed by atoms with Crippen molar-refractivity contribution in [2.45, 2.75) is 70.4 Å². The highest BCUT2D eigenvalue weighted by Crippen LogP contribution is 2.35. The van der Waals surface area contributed by atoms with Gasteiger partial charge in [0.2, 0.25) is 11.8 Å². The van der Waals surface area contributed by atoms with E-state index in [0.29, 0.717) is 5.92 Å². The van der Waals surface area contributed by atoms with Crippen molar-refractivity contribution >= 4 is 11.8 Å². The Balaban J connectivity index is 1.54. The largest absolute Gasteiger partial charge is 0.342 e. The number of carbonyl (C=O) groups is 2. The van der Waals surface area contributed by atoms with Gasteiger partial charge in [0.15, 0.2) is 0 Å². The molecule has 0 aromatic carbocycles. The zero-order valence-corrected chi connectivity index (χ0v) is 12.4. The summed E-state index contributed by atoms with van der Waals surface area (Å²) in [5.74, 6) is 1.45. The Morgan fingerprint density at radius 2 is 1.85 bits per heavy atom. The molecule has 4 nitrogen and oxygen atoms in total. The van der Waals surface area contributed by atoms with Gasteiger partial charge in [0, 0.05) is 6.54 Å². The van der Waals surface area contributed by atoms with Crippen molar-refractivity contribution in [2.75, 3.05) is 6.54 Å². The topological polar surface area (TPSA) is 49.4 Å². The predicted octanol–water partition coefficient (Wildman–Crippen LogP) is 2.08. The number of amides is 2. The zero-order valence-electron chi connectivity index (χ0n) is 12.4. The monoisotopic (exact) mass is 278 g/mol. The van der Waals surface area contributed by atoms with Gasteiger partial charge in [0.1, 0.15) is 12.1 Å². The molecular weight excluding hydrogens is 252 g/mol. The molecule has 1 N–H and O–H groups in total. The minimum absolute atomic E-state index is 0.0300. The number of nitrogens with zero attached hydrogens (tertiary/aromatic N) is 1. The molecule has 2 unspecified atom stereocenters. The maximum absolute atomic E-state index is 12.5. The van der Waals surface area contributed by atoms with Crippen molar-refractivity contribution in [2.24, 2.45) is 11.8 Å². The Labute approximate surface area is 121 Å². The first-order valence-corrected chi connectivity index (χ1v) is 8.27. The minimum Gasteiger partial charge on any atom is -0.342 e. The smallest absolute Gasteiger partial charge is 0.246 e. The molecule has 3 fully saturated rings. The lowest BCUT2D eigenvalue weighted by Gasteiger charge is -2.37. The van der Waals surface area contributed by atoms with Crippen LogP contribution in [0.4, 0.5) is 0 Å². The summed E-state index contributed by atoms with van der Waals surface area (Å²) in [5.41, 5.74) is 0. The van der Waals surface area contributed by atoms with Gasteiger partial charge in [-0.1, -0.05) is 25.7 Å². The standard InChI is InChI=1S/C16H26N2O2/c1-11-15(19)17-14(13-8-9-13)16(20)18(11)10-4-7-12-5-2-3-6-12/h11-14H,2-10H2,1H3,(H,17,19). The third kappa shape index (κ3) is 2.84. The van der Waals surface area contributed by atoms with E-state index in [1.165, 1.54) is 32.1 Å². The summed E-state index contributed by atoms with van der Waals surface area (Å²) in [7, 11) is 0. The van der Waals surface area contributed by atoms with Crippen molar-refractivity contribution in [3.8, 4) is 0 Å². The summed E-state index contributed by atoms with van der Waals surface area (Å²) in [5, 5.41) is 2.91. The van der Waals surface area contributed by atoms with Crippen molar-refractivity contribution in [1.82, 2.24) is 10.2 Å². The fraction of sp³-hybridized carbons (Fsp3) is 0.875. The summed E-state index contributed by atoms with van der Waals surface area (Å²) in [6, 6.07) is -0.522. The molecule has 0 spiro atoms. The van der Waals surface area contributed by atoms with Gasteiger partial charge in [-0.15, -0.1) is 0 Å². The molecule has 2 aliphatic carbocycles. The fourth-order valence-electron chi connectivity index (χ4n) is 3.75. The second-order valence-corrected chi connectivity index (χ2v) is 6.82. The molecule has 2 atom stereocenters. The molecule has 3 rings (SSSR count). The summed E-state index contributed by atoms with van der Waals surface area (Å²) < 4.78 is 0. The molecule has 4 heteroatoms. The van der Waals surface area contributed by atoms with E-state index >= 15 is 0 Å². The zero-order chi connectivity index (χ0) is 14.1. The number of hydrogen-bond acceptors (Lipinski definition) is 2. The quantitative estimate of drug-likeness (QED) is 0.837. The first-order chi connectivity index (χ1) is 9.66. The van der Waals surface area contributed by atoms with E-state index in [4.69, 9.17) is 0 Å². The number of rotatable bonds is 5. The Morgan fingerprint density at radius 1 is 1.15 bits per heavy atom. The van der Waals surface area contributed by atoms with E-state index in [9.17, 15) is 9.59 Å². The van der Waals surface area contributed by atoms with Crippen LogP contribution in [0.5, 0.6) is 0 Å². The Morgan fingerprint density at radius 3 is 2.50 bits per heavy atom. The van der Waals surface area contributed by atoms with Crippen molar-refractivity contribution in [3.05, 3.63) is 0 Å². The van der Waals surface area contributed by atoms with Crippen LogP contribution in [0.15, 0.2) is 0 Å². The van der Waals surface area contributed by atoms with Crippen LogP contribution in [-0.4, -0.2) is 35.3 Å².